The summed E-state index contributed by atoms with van der Waals surface area (Å²) in [5.41, 5.74) is 22.2. The van der Waals surface area contributed by atoms with Gasteiger partial charge in [-0.3, -0.25) is 0 Å². The first-order valence-electron chi connectivity index (χ1n) is 25.7. The van der Waals surface area contributed by atoms with Gasteiger partial charge in [-0.05, 0) is 146 Å². The van der Waals surface area contributed by atoms with Crippen LogP contribution in [0.25, 0.3) is 22.1 Å². The number of rotatable bonds is 6. The van der Waals surface area contributed by atoms with Gasteiger partial charge in [0.15, 0.2) is 0 Å². The molecule has 2 aliphatic heterocycles. The fourth-order valence-corrected chi connectivity index (χ4v) is 12.0. The molecule has 9 aromatic rings. The van der Waals surface area contributed by atoms with Gasteiger partial charge in [-0.1, -0.05) is 178 Å². The molecule has 0 radical (unpaired) electrons. The highest BCUT2D eigenvalue weighted by Gasteiger charge is 2.51. The summed E-state index contributed by atoms with van der Waals surface area (Å²) in [7, 11) is 0. The minimum Gasteiger partial charge on any atom is -0.468 e. The lowest BCUT2D eigenvalue weighted by Crippen LogP contribution is -2.61. The molecule has 0 unspecified atom stereocenters. The van der Waals surface area contributed by atoms with Crippen molar-refractivity contribution in [3.05, 3.63) is 204 Å². The summed E-state index contributed by atoms with van der Waals surface area (Å²) in [6, 6.07) is 68.0. The predicted octanol–water partition coefficient (Wildman–Crippen LogP) is 16.6. The summed E-state index contributed by atoms with van der Waals surface area (Å²) in [5.74, 6) is 0. The van der Waals surface area contributed by atoms with E-state index in [1.165, 1.54) is 55.7 Å². The lowest BCUT2D eigenvalue weighted by atomic mass is 9.35. The Kier molecular flexibility index (Phi) is 10.2. The maximum Gasteiger partial charge on any atom is 0.297 e. The number of benzene rings is 8. The molecule has 0 saturated heterocycles. The van der Waals surface area contributed by atoms with Crippen molar-refractivity contribution in [1.29, 1.82) is 0 Å². The Bertz CT molecular complexity index is 3460. The standard InChI is InChI=1S/C66H64BN3O/c1-63(2,3)44-30-33-48(34-31-44)69-55-41-49(68(46-24-16-12-17-25-46)47-26-18-13-19-27-47)42-56-59(55)67(62-60(69)50-28-20-21-29-57(50)71-62)53-36-35-52-58(66(9,10)39-38-65(52,7)8)61(53)70(56)54-37-32-45(64(4,5)6)40-51(54)43-22-14-11-15-23-43/h11-37,40-42H,38-39H2,1-10H3. The smallest absolute Gasteiger partial charge is 0.297 e. The van der Waals surface area contributed by atoms with E-state index in [1.807, 2.05) is 0 Å². The molecule has 0 N–H and O–H groups in total. The Morgan fingerprint density at radius 3 is 1.70 bits per heavy atom. The van der Waals surface area contributed by atoms with Crippen LogP contribution in [0, 0.1) is 0 Å². The van der Waals surface area contributed by atoms with Crippen LogP contribution in [-0.2, 0) is 21.7 Å². The minimum atomic E-state index is -0.199. The van der Waals surface area contributed by atoms with Crippen LogP contribution in [0.3, 0.4) is 0 Å². The molecule has 5 heteroatoms. The van der Waals surface area contributed by atoms with Crippen LogP contribution in [0.2, 0.25) is 0 Å². The molecule has 12 rings (SSSR count). The van der Waals surface area contributed by atoms with E-state index >= 15 is 0 Å². The molecule has 0 bridgehead atoms. The predicted molar refractivity (Wildman–Crippen MR) is 303 cm³/mol. The second-order valence-electron chi connectivity index (χ2n) is 23.7. The van der Waals surface area contributed by atoms with E-state index in [0.29, 0.717) is 0 Å². The van der Waals surface area contributed by atoms with Crippen LogP contribution in [0.5, 0.6) is 0 Å². The highest BCUT2D eigenvalue weighted by atomic mass is 16.3. The maximum atomic E-state index is 7.40. The molecule has 4 nitrogen and oxygen atoms in total. The molecule has 71 heavy (non-hydrogen) atoms. The SMILES string of the molecule is CC(C)(C)c1ccc(N2c3cc(N(c4ccccc4)c4ccccc4)cc4c3B(c3ccc5c(c3N4c3ccc(C(C)(C)C)cc3-c3ccccc3)C(C)(C)CCC5(C)C)c3oc4ccccc4c32)cc1. The second-order valence-corrected chi connectivity index (χ2v) is 23.7. The molecule has 0 spiro atoms. The fraction of sp³-hybridized carbons (Fsp3) is 0.242. The lowest BCUT2D eigenvalue weighted by Gasteiger charge is -2.49. The molecule has 1 aromatic heterocycles. The molecule has 0 fully saturated rings. The normalized spacial score (nSPS) is 15.5. The molecule has 0 atom stereocenters. The summed E-state index contributed by atoms with van der Waals surface area (Å²) in [6.07, 6.45) is 2.20. The molecule has 352 valence electrons. The van der Waals surface area contributed by atoms with Gasteiger partial charge in [-0.25, -0.2) is 0 Å². The van der Waals surface area contributed by atoms with Gasteiger partial charge in [0, 0.05) is 45.1 Å². The van der Waals surface area contributed by atoms with E-state index < -0.39 is 0 Å². The van der Waals surface area contributed by atoms with Crippen LogP contribution < -0.4 is 31.3 Å². The zero-order valence-corrected chi connectivity index (χ0v) is 43.1. The van der Waals surface area contributed by atoms with E-state index in [0.717, 1.165) is 69.3 Å². The van der Waals surface area contributed by atoms with Gasteiger partial charge in [0.25, 0.3) is 6.71 Å². The van der Waals surface area contributed by atoms with E-state index in [1.54, 1.807) is 0 Å². The third-order valence-corrected chi connectivity index (χ3v) is 16.0. The Hall–Kier alpha value is -7.24. The molecule has 1 aliphatic carbocycles. The summed E-state index contributed by atoms with van der Waals surface area (Å²) in [6.45, 7) is 23.5. The highest BCUT2D eigenvalue weighted by Crippen LogP contribution is 2.56. The quantitative estimate of drug-likeness (QED) is 0.155. The summed E-state index contributed by atoms with van der Waals surface area (Å²) in [4.78, 5) is 7.67. The van der Waals surface area contributed by atoms with Crippen molar-refractivity contribution in [2.75, 3.05) is 14.7 Å². The second kappa shape index (κ2) is 16.1. The van der Waals surface area contributed by atoms with Gasteiger partial charge in [0.2, 0.25) is 0 Å². The molecule has 8 aromatic carbocycles. The fourth-order valence-electron chi connectivity index (χ4n) is 12.0. The molecule has 0 saturated carbocycles. The average Bonchev–Trinajstić information content (AvgIpc) is 3.75. The Labute approximate surface area is 421 Å². The third kappa shape index (κ3) is 7.25. The first-order chi connectivity index (χ1) is 34.0. The lowest BCUT2D eigenvalue weighted by molar-refractivity contribution is 0.333. The molecule has 0 amide bonds. The van der Waals surface area contributed by atoms with Crippen molar-refractivity contribution in [2.24, 2.45) is 0 Å². The van der Waals surface area contributed by atoms with Crippen molar-refractivity contribution >= 4 is 85.5 Å². The largest absolute Gasteiger partial charge is 0.468 e. The number of hydrogen-bond donors (Lipinski definition) is 0. The van der Waals surface area contributed by atoms with Crippen molar-refractivity contribution < 1.29 is 4.42 Å². The molecule has 3 heterocycles. The van der Waals surface area contributed by atoms with Gasteiger partial charge >= 0.3 is 0 Å². The van der Waals surface area contributed by atoms with Crippen molar-refractivity contribution in [2.45, 2.75) is 104 Å². The Morgan fingerprint density at radius 1 is 0.507 bits per heavy atom. The van der Waals surface area contributed by atoms with Crippen LogP contribution in [0.4, 0.5) is 51.2 Å². The Morgan fingerprint density at radius 2 is 1.07 bits per heavy atom. The van der Waals surface area contributed by atoms with E-state index in [4.69, 9.17) is 4.42 Å². The Balaban J connectivity index is 1.28. The van der Waals surface area contributed by atoms with Crippen LogP contribution in [0.15, 0.2) is 186 Å². The zero-order valence-electron chi connectivity index (χ0n) is 43.1. The number of furan rings is 1. The zero-order chi connectivity index (χ0) is 49.2. The summed E-state index contributed by atoms with van der Waals surface area (Å²) >= 11 is 0. The highest BCUT2D eigenvalue weighted by molar-refractivity contribution is 7.00. The van der Waals surface area contributed by atoms with Gasteiger partial charge in [0.05, 0.1) is 22.7 Å². The van der Waals surface area contributed by atoms with E-state index in [9.17, 15) is 0 Å². The van der Waals surface area contributed by atoms with Gasteiger partial charge < -0.3 is 19.1 Å². The van der Waals surface area contributed by atoms with Crippen molar-refractivity contribution in [1.82, 2.24) is 0 Å². The van der Waals surface area contributed by atoms with Crippen LogP contribution in [0.1, 0.15) is 104 Å². The van der Waals surface area contributed by atoms with Gasteiger partial charge in [0.1, 0.15) is 5.58 Å². The topological polar surface area (TPSA) is 22.9 Å². The number of anilines is 9. The van der Waals surface area contributed by atoms with E-state index in [-0.39, 0.29) is 28.4 Å². The minimum absolute atomic E-state index is 0.00529. The molecular weight excluding hydrogens is 862 g/mol. The van der Waals surface area contributed by atoms with Gasteiger partial charge in [-0.15, -0.1) is 0 Å². The van der Waals surface area contributed by atoms with Crippen molar-refractivity contribution in [3.8, 4) is 11.1 Å². The number of fused-ring (bicyclic) bond motifs is 8. The molecule has 3 aliphatic rings. The van der Waals surface area contributed by atoms with Crippen LogP contribution in [-0.4, -0.2) is 6.71 Å². The van der Waals surface area contributed by atoms with Crippen molar-refractivity contribution in [3.63, 3.8) is 0 Å². The third-order valence-electron chi connectivity index (χ3n) is 16.0. The average molecular weight is 926 g/mol. The number of hydrogen-bond acceptors (Lipinski definition) is 4. The van der Waals surface area contributed by atoms with Crippen LogP contribution >= 0.6 is 0 Å². The maximum absolute atomic E-state index is 7.40. The number of para-hydroxylation sites is 3. The molecular formula is C66H64BN3O. The summed E-state index contributed by atoms with van der Waals surface area (Å²) < 4.78 is 7.40. The van der Waals surface area contributed by atoms with Gasteiger partial charge in [-0.2, -0.15) is 0 Å². The first kappa shape index (κ1) is 44.9. The first-order valence-corrected chi connectivity index (χ1v) is 25.7. The monoisotopic (exact) mass is 926 g/mol. The number of nitrogens with zero attached hydrogens (tertiary/aromatic N) is 3. The summed E-state index contributed by atoms with van der Waals surface area (Å²) in [5, 5.41) is 1.11. The van der Waals surface area contributed by atoms with E-state index in [2.05, 4.69) is 266 Å².